The van der Waals surface area contributed by atoms with E-state index in [4.69, 9.17) is 0 Å². The van der Waals surface area contributed by atoms with Gasteiger partial charge in [0.15, 0.2) is 0 Å². The summed E-state index contributed by atoms with van der Waals surface area (Å²) in [6.07, 6.45) is 0. The van der Waals surface area contributed by atoms with Gasteiger partial charge in [0.1, 0.15) is 0 Å². The van der Waals surface area contributed by atoms with Crippen molar-refractivity contribution in [1.29, 1.82) is 0 Å². The van der Waals surface area contributed by atoms with Crippen molar-refractivity contribution >= 4 is 19.5 Å². The van der Waals surface area contributed by atoms with Crippen molar-refractivity contribution in [2.45, 2.75) is 19.5 Å². The maximum Gasteiger partial charge on any atom is 0.248 e. The molecule has 0 saturated carbocycles. The first-order valence-corrected chi connectivity index (χ1v) is 5.47. The van der Waals surface area contributed by atoms with Gasteiger partial charge >= 0.3 is 0 Å². The van der Waals surface area contributed by atoms with Crippen LogP contribution < -0.4 is 5.32 Å². The third-order valence-electron chi connectivity index (χ3n) is 1.87. The first-order valence-electron chi connectivity index (χ1n) is 3.61. The first kappa shape index (κ1) is 8.66. The molecule has 1 saturated heterocycles. The molecular formula is C7H12NO2P. The zero-order valence-electron chi connectivity index (χ0n) is 6.92. The molecule has 11 heavy (non-hydrogen) atoms. The average molecular weight is 173 g/mol. The molecule has 3 nitrogen and oxygen atoms in total. The van der Waals surface area contributed by atoms with Gasteiger partial charge in [-0.2, -0.15) is 0 Å². The highest BCUT2D eigenvalue weighted by Gasteiger charge is 2.39. The van der Waals surface area contributed by atoms with Crippen LogP contribution in [0, 0.1) is 5.92 Å². The largest absolute Gasteiger partial charge is 0.292 e. The van der Waals surface area contributed by atoms with Gasteiger partial charge in [-0.25, -0.2) is 0 Å². The molecule has 1 aliphatic heterocycles. The Balaban J connectivity index is 2.79. The molecule has 0 radical (unpaired) electrons. The van der Waals surface area contributed by atoms with E-state index >= 15 is 0 Å². The molecule has 0 bridgehead atoms. The summed E-state index contributed by atoms with van der Waals surface area (Å²) in [6.45, 7) is 5.81. The van der Waals surface area contributed by atoms with Gasteiger partial charge in [0.25, 0.3) is 0 Å². The Morgan fingerprint density at radius 1 is 1.45 bits per heavy atom. The summed E-state index contributed by atoms with van der Waals surface area (Å²) >= 11 is 0. The normalized spacial score (nSPS) is 31.3. The lowest BCUT2D eigenvalue weighted by Gasteiger charge is -2.13. The number of imide groups is 1. The molecule has 2 unspecified atom stereocenters. The summed E-state index contributed by atoms with van der Waals surface area (Å²) in [5.74, 6) is 0.191. The van der Waals surface area contributed by atoms with Crippen LogP contribution in [0.4, 0.5) is 4.79 Å². The molecule has 1 aliphatic rings. The number of rotatable bonds is 1. The predicted molar refractivity (Wildman–Crippen MR) is 45.0 cm³/mol. The molecule has 2 amide bonds. The maximum atomic E-state index is 11.1. The smallest absolute Gasteiger partial charge is 0.248 e. The Morgan fingerprint density at radius 3 is 2.18 bits per heavy atom. The van der Waals surface area contributed by atoms with Crippen molar-refractivity contribution in [3.63, 3.8) is 0 Å². The van der Waals surface area contributed by atoms with Gasteiger partial charge in [-0.1, -0.05) is 13.8 Å². The summed E-state index contributed by atoms with van der Waals surface area (Å²) in [6, 6.07) is 0. The van der Waals surface area contributed by atoms with E-state index in [1.807, 2.05) is 20.5 Å². The van der Waals surface area contributed by atoms with Gasteiger partial charge in [-0.15, -0.1) is 0 Å². The monoisotopic (exact) mass is 173 g/mol. The highest BCUT2D eigenvalue weighted by atomic mass is 31.1. The minimum atomic E-state index is -0.768. The van der Waals surface area contributed by atoms with Crippen LogP contribution in [-0.2, 0) is 4.79 Å². The van der Waals surface area contributed by atoms with E-state index in [2.05, 4.69) is 5.32 Å². The Morgan fingerprint density at radius 2 is 2.00 bits per heavy atom. The van der Waals surface area contributed by atoms with E-state index in [9.17, 15) is 9.59 Å². The molecule has 4 heteroatoms. The number of hydrogen-bond donors (Lipinski definition) is 1. The lowest BCUT2D eigenvalue weighted by Crippen LogP contribution is -2.27. The quantitative estimate of drug-likeness (QED) is 0.609. The van der Waals surface area contributed by atoms with Crippen LogP contribution in [0.1, 0.15) is 13.8 Å². The summed E-state index contributed by atoms with van der Waals surface area (Å²) in [4.78, 5) is 22.1. The van der Waals surface area contributed by atoms with Crippen LogP contribution in [0.15, 0.2) is 0 Å². The Labute approximate surface area is 67.3 Å². The van der Waals surface area contributed by atoms with Gasteiger partial charge in [-0.05, 0) is 20.5 Å². The number of nitrogens with one attached hydrogen (secondary N) is 1. The fraction of sp³-hybridized carbons (Fsp3) is 0.714. The van der Waals surface area contributed by atoms with E-state index in [-0.39, 0.29) is 23.1 Å². The molecule has 2 atom stereocenters. The third kappa shape index (κ3) is 1.43. The second-order valence-electron chi connectivity index (χ2n) is 3.09. The first-order chi connectivity index (χ1) is 5.04. The highest BCUT2D eigenvalue weighted by molar-refractivity contribution is 7.76. The SMILES string of the molecule is CC(C)C1C(=O)NC(=O)P1C. The molecule has 0 aliphatic carbocycles. The van der Waals surface area contributed by atoms with E-state index in [1.54, 1.807) is 0 Å². The van der Waals surface area contributed by atoms with Crippen LogP contribution >= 0.6 is 7.92 Å². The third-order valence-corrected chi connectivity index (χ3v) is 4.29. The number of hydrogen-bond acceptors (Lipinski definition) is 2. The van der Waals surface area contributed by atoms with Crippen molar-refractivity contribution in [1.82, 2.24) is 5.32 Å². The Bertz CT molecular complexity index is 203. The number of carbonyl (C=O) groups excluding carboxylic acids is 2. The highest BCUT2D eigenvalue weighted by Crippen LogP contribution is 2.45. The molecule has 1 heterocycles. The number of carbonyl (C=O) groups is 2. The van der Waals surface area contributed by atoms with E-state index in [0.717, 1.165) is 0 Å². The Kier molecular flexibility index (Phi) is 2.28. The van der Waals surface area contributed by atoms with Gasteiger partial charge < -0.3 is 0 Å². The van der Waals surface area contributed by atoms with Crippen LogP contribution in [-0.4, -0.2) is 23.9 Å². The molecule has 62 valence electrons. The van der Waals surface area contributed by atoms with Crippen LogP contribution in [0.25, 0.3) is 0 Å². The molecule has 0 spiro atoms. The predicted octanol–water partition coefficient (Wildman–Crippen LogP) is 1.37. The standard InChI is InChI=1S/C7H12NO2P/c1-4(2)5-6(9)8-7(10)11(5)3/h4-5H,1-3H3,(H,8,9,10). The van der Waals surface area contributed by atoms with E-state index in [0.29, 0.717) is 0 Å². The van der Waals surface area contributed by atoms with E-state index in [1.165, 1.54) is 0 Å². The summed E-state index contributed by atoms with van der Waals surface area (Å²) in [5, 5.41) is 2.35. The van der Waals surface area contributed by atoms with Gasteiger partial charge in [-0.3, -0.25) is 14.9 Å². The molecule has 1 N–H and O–H groups in total. The summed E-state index contributed by atoms with van der Waals surface area (Å²) < 4.78 is 0. The Hall–Kier alpha value is -0.430. The van der Waals surface area contributed by atoms with Crippen molar-refractivity contribution < 1.29 is 9.59 Å². The van der Waals surface area contributed by atoms with Crippen molar-refractivity contribution in [2.75, 3.05) is 6.66 Å². The molecule has 0 aromatic carbocycles. The zero-order valence-corrected chi connectivity index (χ0v) is 7.81. The molecule has 1 fully saturated rings. The second kappa shape index (κ2) is 2.90. The van der Waals surface area contributed by atoms with Crippen LogP contribution in [0.5, 0.6) is 0 Å². The molecule has 0 aromatic heterocycles. The summed E-state index contributed by atoms with van der Waals surface area (Å²) in [7, 11) is -0.768. The second-order valence-corrected chi connectivity index (χ2v) is 5.28. The van der Waals surface area contributed by atoms with Gasteiger partial charge in [0.2, 0.25) is 11.6 Å². The number of amides is 2. The minimum Gasteiger partial charge on any atom is -0.292 e. The minimum absolute atomic E-state index is 0.0579. The molecular weight excluding hydrogens is 161 g/mol. The average Bonchev–Trinajstić information content (AvgIpc) is 2.07. The van der Waals surface area contributed by atoms with Gasteiger partial charge in [0.05, 0.1) is 5.66 Å². The fourth-order valence-corrected chi connectivity index (χ4v) is 3.17. The maximum absolute atomic E-state index is 11.1. The van der Waals surface area contributed by atoms with Crippen molar-refractivity contribution in [2.24, 2.45) is 5.92 Å². The van der Waals surface area contributed by atoms with Crippen LogP contribution in [0.2, 0.25) is 0 Å². The van der Waals surface area contributed by atoms with E-state index < -0.39 is 7.92 Å². The fourth-order valence-electron chi connectivity index (χ4n) is 1.32. The topological polar surface area (TPSA) is 46.2 Å². The zero-order chi connectivity index (χ0) is 8.59. The molecule has 1 rings (SSSR count). The van der Waals surface area contributed by atoms with Crippen molar-refractivity contribution in [3.05, 3.63) is 0 Å². The van der Waals surface area contributed by atoms with Crippen LogP contribution in [0.3, 0.4) is 0 Å². The van der Waals surface area contributed by atoms with Gasteiger partial charge in [0, 0.05) is 0 Å². The lowest BCUT2D eigenvalue weighted by molar-refractivity contribution is -0.119. The van der Waals surface area contributed by atoms with Crippen molar-refractivity contribution in [3.8, 4) is 0 Å². The lowest BCUT2D eigenvalue weighted by atomic mass is 10.1. The summed E-state index contributed by atoms with van der Waals surface area (Å²) in [5.41, 5.74) is -0.124. The molecule has 0 aromatic rings.